The van der Waals surface area contributed by atoms with E-state index in [4.69, 9.17) is 12.2 Å². The summed E-state index contributed by atoms with van der Waals surface area (Å²) in [4.78, 5) is 7.41. The van der Waals surface area contributed by atoms with E-state index < -0.39 is 0 Å². The second-order valence-corrected chi connectivity index (χ2v) is 3.67. The lowest BCUT2D eigenvalue weighted by atomic mass is 10.2. The van der Waals surface area contributed by atoms with Gasteiger partial charge in [0.15, 0.2) is 5.82 Å². The molecule has 2 aromatic heterocycles. The number of benzene rings is 1. The number of nitrogens with one attached hydrogen (secondary N) is 3. The maximum Gasteiger partial charge on any atom is 0.213 e. The molecule has 0 atom stereocenters. The Labute approximate surface area is 90.4 Å². The summed E-state index contributed by atoms with van der Waals surface area (Å²) in [6.07, 6.45) is 0. The van der Waals surface area contributed by atoms with Crippen molar-refractivity contribution in [2.24, 2.45) is 0 Å². The molecule has 0 spiro atoms. The molecule has 0 saturated heterocycles. The van der Waals surface area contributed by atoms with E-state index in [-0.39, 0.29) is 0 Å². The topological polar surface area (TPSA) is 60.3 Å². The molecular formula is C10H8N4S. The molecule has 0 radical (unpaired) electrons. The van der Waals surface area contributed by atoms with Crippen molar-refractivity contribution in [3.8, 4) is 11.5 Å². The average molecular weight is 216 g/mol. The number of aromatic nitrogens is 4. The molecule has 3 N–H and O–H groups in total. The van der Waals surface area contributed by atoms with Crippen molar-refractivity contribution in [1.82, 2.24) is 20.2 Å². The molecular weight excluding hydrogens is 208 g/mol. The van der Waals surface area contributed by atoms with Gasteiger partial charge in [-0.25, -0.2) is 0 Å². The van der Waals surface area contributed by atoms with Gasteiger partial charge in [-0.15, -0.1) is 0 Å². The normalized spacial score (nSPS) is 10.9. The van der Waals surface area contributed by atoms with Crippen LogP contribution in [-0.4, -0.2) is 20.2 Å². The SMILES string of the molecule is S=c1nc(-c2cc3ccccc3[nH]2)[nH][nH]1. The molecule has 1 aromatic carbocycles. The maximum absolute atomic E-state index is 4.90. The minimum atomic E-state index is 0.462. The Hall–Kier alpha value is -1.88. The van der Waals surface area contributed by atoms with Crippen LogP contribution in [-0.2, 0) is 0 Å². The fourth-order valence-corrected chi connectivity index (χ4v) is 1.74. The Bertz CT molecular complexity index is 628. The Morgan fingerprint density at radius 3 is 2.73 bits per heavy atom. The van der Waals surface area contributed by atoms with Crippen LogP contribution in [0.2, 0.25) is 0 Å². The number of rotatable bonds is 1. The van der Waals surface area contributed by atoms with Crippen LogP contribution in [0.4, 0.5) is 0 Å². The summed E-state index contributed by atoms with van der Waals surface area (Å²) in [5.41, 5.74) is 2.03. The molecule has 3 rings (SSSR count). The number of aromatic amines is 3. The molecule has 4 nitrogen and oxygen atoms in total. The standard InChI is InChI=1S/C10H8N4S/c15-10-12-9(13-14-10)8-5-6-3-1-2-4-7(6)11-8/h1-5,11H,(H2,12,13,14,15). The molecule has 0 bridgehead atoms. The highest BCUT2D eigenvalue weighted by molar-refractivity contribution is 7.71. The molecule has 5 heteroatoms. The van der Waals surface area contributed by atoms with Gasteiger partial charge in [0.1, 0.15) is 0 Å². The Morgan fingerprint density at radius 2 is 2.00 bits per heavy atom. The van der Waals surface area contributed by atoms with E-state index >= 15 is 0 Å². The highest BCUT2D eigenvalue weighted by atomic mass is 32.1. The van der Waals surface area contributed by atoms with Gasteiger partial charge in [-0.3, -0.25) is 10.2 Å². The van der Waals surface area contributed by atoms with E-state index in [1.165, 1.54) is 0 Å². The van der Waals surface area contributed by atoms with E-state index in [0.717, 1.165) is 22.4 Å². The van der Waals surface area contributed by atoms with Crippen molar-refractivity contribution in [2.45, 2.75) is 0 Å². The first-order valence-corrected chi connectivity index (χ1v) is 4.96. The van der Waals surface area contributed by atoms with E-state index in [1.54, 1.807) is 0 Å². The van der Waals surface area contributed by atoms with Crippen molar-refractivity contribution in [3.63, 3.8) is 0 Å². The molecule has 0 saturated carbocycles. The number of H-pyrrole nitrogens is 3. The van der Waals surface area contributed by atoms with Gasteiger partial charge in [0, 0.05) is 10.9 Å². The summed E-state index contributed by atoms with van der Waals surface area (Å²) < 4.78 is 0.462. The minimum absolute atomic E-state index is 0.462. The van der Waals surface area contributed by atoms with Gasteiger partial charge >= 0.3 is 0 Å². The fraction of sp³-hybridized carbons (Fsp3) is 0. The summed E-state index contributed by atoms with van der Waals surface area (Å²) in [6.45, 7) is 0. The molecule has 0 aliphatic rings. The van der Waals surface area contributed by atoms with E-state index in [0.29, 0.717) is 4.77 Å². The van der Waals surface area contributed by atoms with Crippen molar-refractivity contribution in [1.29, 1.82) is 0 Å². The smallest absolute Gasteiger partial charge is 0.213 e. The molecule has 0 aliphatic carbocycles. The van der Waals surface area contributed by atoms with Crippen LogP contribution in [0.3, 0.4) is 0 Å². The number of hydrogen-bond acceptors (Lipinski definition) is 2. The first kappa shape index (κ1) is 8.43. The van der Waals surface area contributed by atoms with Gasteiger partial charge in [-0.05, 0) is 24.4 Å². The second kappa shape index (κ2) is 3.06. The highest BCUT2D eigenvalue weighted by Crippen LogP contribution is 2.20. The molecule has 3 aromatic rings. The van der Waals surface area contributed by atoms with Crippen LogP contribution < -0.4 is 0 Å². The van der Waals surface area contributed by atoms with Gasteiger partial charge in [0.2, 0.25) is 4.77 Å². The van der Waals surface area contributed by atoms with Crippen LogP contribution >= 0.6 is 12.2 Å². The van der Waals surface area contributed by atoms with Crippen LogP contribution in [0.1, 0.15) is 0 Å². The molecule has 2 heterocycles. The van der Waals surface area contributed by atoms with Gasteiger partial charge in [-0.1, -0.05) is 18.2 Å². The quantitative estimate of drug-likeness (QED) is 0.547. The van der Waals surface area contributed by atoms with Crippen LogP contribution in [0.5, 0.6) is 0 Å². The molecule has 74 valence electrons. The predicted octanol–water partition coefficient (Wildman–Crippen LogP) is 2.62. The van der Waals surface area contributed by atoms with Crippen molar-refractivity contribution >= 4 is 23.1 Å². The van der Waals surface area contributed by atoms with Crippen molar-refractivity contribution < 1.29 is 0 Å². The Morgan fingerprint density at radius 1 is 1.13 bits per heavy atom. The summed E-state index contributed by atoms with van der Waals surface area (Å²) in [5.74, 6) is 0.733. The lowest BCUT2D eigenvalue weighted by Gasteiger charge is -1.87. The fourth-order valence-electron chi connectivity index (χ4n) is 1.60. The summed E-state index contributed by atoms with van der Waals surface area (Å²) >= 11 is 4.90. The largest absolute Gasteiger partial charge is 0.352 e. The molecule has 0 fully saturated rings. The predicted molar refractivity (Wildman–Crippen MR) is 61.1 cm³/mol. The monoisotopic (exact) mass is 216 g/mol. The lowest BCUT2D eigenvalue weighted by molar-refractivity contribution is 1.08. The second-order valence-electron chi connectivity index (χ2n) is 3.29. The van der Waals surface area contributed by atoms with Crippen molar-refractivity contribution in [2.75, 3.05) is 0 Å². The third-order valence-corrected chi connectivity index (χ3v) is 2.48. The van der Waals surface area contributed by atoms with E-state index in [9.17, 15) is 0 Å². The summed E-state index contributed by atoms with van der Waals surface area (Å²) in [5, 5.41) is 6.84. The highest BCUT2D eigenvalue weighted by Gasteiger charge is 2.04. The van der Waals surface area contributed by atoms with Crippen LogP contribution in [0.15, 0.2) is 30.3 Å². The van der Waals surface area contributed by atoms with Crippen LogP contribution in [0, 0.1) is 4.77 Å². The molecule has 0 amide bonds. The number of fused-ring (bicyclic) bond motifs is 1. The minimum Gasteiger partial charge on any atom is -0.352 e. The third kappa shape index (κ3) is 1.37. The average Bonchev–Trinajstić information content (AvgIpc) is 2.82. The van der Waals surface area contributed by atoms with Gasteiger partial charge in [0.05, 0.1) is 5.69 Å². The van der Waals surface area contributed by atoms with Crippen LogP contribution in [0.25, 0.3) is 22.4 Å². The number of nitrogens with zero attached hydrogens (tertiary/aromatic N) is 1. The molecule has 15 heavy (non-hydrogen) atoms. The number of para-hydroxylation sites is 1. The van der Waals surface area contributed by atoms with Gasteiger partial charge < -0.3 is 4.98 Å². The zero-order chi connectivity index (χ0) is 10.3. The first-order chi connectivity index (χ1) is 7.33. The van der Waals surface area contributed by atoms with E-state index in [1.807, 2.05) is 24.3 Å². The summed E-state index contributed by atoms with van der Waals surface area (Å²) in [7, 11) is 0. The van der Waals surface area contributed by atoms with Gasteiger partial charge in [-0.2, -0.15) is 4.98 Å². The van der Waals surface area contributed by atoms with E-state index in [2.05, 4.69) is 26.2 Å². The Kier molecular flexibility index (Phi) is 1.72. The molecule has 0 unspecified atom stereocenters. The first-order valence-electron chi connectivity index (χ1n) is 4.56. The van der Waals surface area contributed by atoms with Gasteiger partial charge in [0.25, 0.3) is 0 Å². The molecule has 0 aliphatic heterocycles. The maximum atomic E-state index is 4.90. The lowest BCUT2D eigenvalue weighted by Crippen LogP contribution is -1.78. The number of hydrogen-bond donors (Lipinski definition) is 3. The van der Waals surface area contributed by atoms with Crippen molar-refractivity contribution in [3.05, 3.63) is 35.1 Å². The zero-order valence-corrected chi connectivity index (χ0v) is 8.56. The third-order valence-electron chi connectivity index (χ3n) is 2.29. The summed E-state index contributed by atoms with van der Waals surface area (Å²) in [6, 6.07) is 10.1. The Balaban J connectivity index is 2.24. The zero-order valence-electron chi connectivity index (χ0n) is 7.74.